The quantitative estimate of drug-likeness (QED) is 0.231. The molecule has 1 unspecified atom stereocenters. The summed E-state index contributed by atoms with van der Waals surface area (Å²) in [7, 11) is 0. The number of allylic oxidation sites excluding steroid dienone is 4. The fourth-order valence-corrected chi connectivity index (χ4v) is 6.36. The molecule has 1 amide bonds. The van der Waals surface area contributed by atoms with E-state index in [4.69, 9.17) is 27.9 Å². The van der Waals surface area contributed by atoms with Gasteiger partial charge in [-0.25, -0.2) is 0 Å². The summed E-state index contributed by atoms with van der Waals surface area (Å²) in [5.41, 5.74) is 5.16. The van der Waals surface area contributed by atoms with Crippen LogP contribution in [0.3, 0.4) is 0 Å². The molecule has 44 heavy (non-hydrogen) atoms. The van der Waals surface area contributed by atoms with Crippen molar-refractivity contribution in [3.8, 4) is 5.75 Å². The number of rotatable bonds is 9. The van der Waals surface area contributed by atoms with Crippen LogP contribution in [-0.2, 0) is 17.6 Å². The second kappa shape index (κ2) is 15.8. The van der Waals surface area contributed by atoms with Crippen molar-refractivity contribution in [2.24, 2.45) is 5.92 Å². The number of likely N-dealkylation sites (tertiary alicyclic amines) is 1. The van der Waals surface area contributed by atoms with Crippen LogP contribution in [0.2, 0.25) is 10.0 Å². The van der Waals surface area contributed by atoms with Crippen LogP contribution in [0.5, 0.6) is 5.75 Å². The third-order valence-electron chi connectivity index (χ3n) is 8.23. The molecule has 0 bridgehead atoms. The zero-order valence-corrected chi connectivity index (χ0v) is 27.9. The van der Waals surface area contributed by atoms with Crippen LogP contribution in [-0.4, -0.2) is 40.9 Å². The van der Waals surface area contributed by atoms with Gasteiger partial charge in [0.05, 0.1) is 28.3 Å². The van der Waals surface area contributed by atoms with Gasteiger partial charge >= 0.3 is 0 Å². The summed E-state index contributed by atoms with van der Waals surface area (Å²) in [5.74, 6) is 1.42. The average molecular weight is 652 g/mol. The fourth-order valence-electron chi connectivity index (χ4n) is 6.06. The lowest BCUT2D eigenvalue weighted by Crippen LogP contribution is -2.45. The lowest BCUT2D eigenvalue weighted by molar-refractivity contribution is -0.126. The van der Waals surface area contributed by atoms with Crippen LogP contribution in [0.4, 0.5) is 0 Å². The molecule has 3 aromatic carbocycles. The van der Waals surface area contributed by atoms with E-state index in [1.165, 1.54) is 5.56 Å². The van der Waals surface area contributed by atoms with Crippen LogP contribution in [0.25, 0.3) is 5.57 Å². The molecule has 1 atom stereocenters. The van der Waals surface area contributed by atoms with Gasteiger partial charge in [-0.3, -0.25) is 14.6 Å². The summed E-state index contributed by atoms with van der Waals surface area (Å²) in [6.45, 7) is 8.16. The highest BCUT2D eigenvalue weighted by molar-refractivity contribution is 6.42. The fraction of sp³-hybridized carbons (Fsp3) is 0.324. The van der Waals surface area contributed by atoms with E-state index in [0.29, 0.717) is 16.0 Å². The molecular formula is C37H41Cl3N2O2. The van der Waals surface area contributed by atoms with Crippen LogP contribution < -0.4 is 4.74 Å². The van der Waals surface area contributed by atoms with E-state index >= 15 is 0 Å². The number of amides is 1. The van der Waals surface area contributed by atoms with Gasteiger partial charge in [-0.05, 0) is 106 Å². The Labute approximate surface area is 278 Å². The number of carbonyl (C=O) groups excluding carboxylic acids is 1. The third kappa shape index (κ3) is 8.57. The Hall–Kier alpha value is -3.02. The van der Waals surface area contributed by atoms with Gasteiger partial charge in [-0.15, -0.1) is 12.4 Å². The molecule has 2 heterocycles. The highest BCUT2D eigenvalue weighted by atomic mass is 35.5. The maximum absolute atomic E-state index is 14.1. The minimum Gasteiger partial charge on any atom is -0.491 e. The molecule has 3 aromatic rings. The number of hydrogen-bond donors (Lipinski definition) is 0. The number of piperidine rings is 1. The highest BCUT2D eigenvalue weighted by Gasteiger charge is 2.31. The first-order valence-electron chi connectivity index (χ1n) is 15.2. The predicted octanol–water partition coefficient (Wildman–Crippen LogP) is 9.41. The van der Waals surface area contributed by atoms with E-state index in [0.717, 1.165) is 60.5 Å². The van der Waals surface area contributed by atoms with Crippen molar-refractivity contribution in [2.45, 2.75) is 58.6 Å². The number of ether oxygens (including phenoxy) is 1. The van der Waals surface area contributed by atoms with Gasteiger partial charge in [0.2, 0.25) is 5.91 Å². The minimum atomic E-state index is -0.00547. The van der Waals surface area contributed by atoms with Gasteiger partial charge in [0.1, 0.15) is 5.75 Å². The van der Waals surface area contributed by atoms with E-state index in [-0.39, 0.29) is 36.9 Å². The molecule has 232 valence electrons. The molecule has 0 N–H and O–H groups in total. The molecule has 1 saturated heterocycles. The number of benzene rings is 3. The normalized spacial score (nSPS) is 16.5. The molecule has 0 aromatic heterocycles. The average Bonchev–Trinajstić information content (AvgIpc) is 3.22. The SMILES string of the molecule is CC(C)Oc1cccc(CC(=O)N2C=CC=CC(c3ccc(Cl)c(Cl)c3)=C2C(C)N2CCC(Cc3ccccc3)CC2)c1.Cl. The van der Waals surface area contributed by atoms with Gasteiger partial charge in [0.25, 0.3) is 0 Å². The van der Waals surface area contributed by atoms with Crippen LogP contribution in [0.1, 0.15) is 50.3 Å². The van der Waals surface area contributed by atoms with Gasteiger partial charge in [-0.1, -0.05) is 83.9 Å². The maximum atomic E-state index is 14.1. The summed E-state index contributed by atoms with van der Waals surface area (Å²) in [6, 6.07) is 24.3. The molecule has 4 nitrogen and oxygen atoms in total. The Morgan fingerprint density at radius 1 is 0.886 bits per heavy atom. The lowest BCUT2D eigenvalue weighted by Gasteiger charge is -2.40. The minimum absolute atomic E-state index is 0. The second-order valence-electron chi connectivity index (χ2n) is 11.7. The number of hydrogen-bond acceptors (Lipinski definition) is 3. The molecule has 5 rings (SSSR count). The Morgan fingerprint density at radius 2 is 1.61 bits per heavy atom. The molecule has 2 aliphatic heterocycles. The summed E-state index contributed by atoms with van der Waals surface area (Å²) < 4.78 is 5.89. The molecule has 0 radical (unpaired) electrons. The van der Waals surface area contributed by atoms with E-state index in [2.05, 4.69) is 48.2 Å². The first kappa shape index (κ1) is 33.9. The molecule has 7 heteroatoms. The van der Waals surface area contributed by atoms with E-state index in [9.17, 15) is 4.79 Å². The first-order valence-corrected chi connectivity index (χ1v) is 15.9. The van der Waals surface area contributed by atoms with Crippen molar-refractivity contribution >= 4 is 47.1 Å². The molecular weight excluding hydrogens is 611 g/mol. The van der Waals surface area contributed by atoms with Gasteiger partial charge < -0.3 is 4.74 Å². The molecule has 0 spiro atoms. The summed E-state index contributed by atoms with van der Waals surface area (Å²) in [4.78, 5) is 18.5. The first-order chi connectivity index (χ1) is 20.8. The molecule has 2 aliphatic rings. The van der Waals surface area contributed by atoms with Crippen molar-refractivity contribution < 1.29 is 9.53 Å². The topological polar surface area (TPSA) is 32.8 Å². The van der Waals surface area contributed by atoms with Crippen LogP contribution in [0.15, 0.2) is 103 Å². The third-order valence-corrected chi connectivity index (χ3v) is 8.97. The Bertz CT molecular complexity index is 1510. The van der Waals surface area contributed by atoms with Gasteiger partial charge in [-0.2, -0.15) is 0 Å². The standard InChI is InChI=1S/C37H40Cl2N2O2.ClH/c1-26(2)43-32-13-9-12-30(23-32)24-36(42)41-19-8-7-14-33(31-15-16-34(38)35(39)25-31)37(41)27(3)40-20-17-29(18-21-40)22-28-10-5-4-6-11-28;/h4-16,19,23,25-27,29H,17-18,20-22,24H2,1-3H3;1H. The molecule has 0 saturated carbocycles. The summed E-state index contributed by atoms with van der Waals surface area (Å²) in [6.07, 6.45) is 11.6. The van der Waals surface area contributed by atoms with Crippen molar-refractivity contribution in [1.82, 2.24) is 9.80 Å². The van der Waals surface area contributed by atoms with Crippen molar-refractivity contribution in [2.75, 3.05) is 13.1 Å². The van der Waals surface area contributed by atoms with Crippen molar-refractivity contribution in [3.63, 3.8) is 0 Å². The van der Waals surface area contributed by atoms with E-state index < -0.39 is 0 Å². The number of halogens is 3. The lowest BCUT2D eigenvalue weighted by atomic mass is 9.89. The van der Waals surface area contributed by atoms with Crippen molar-refractivity contribution in [1.29, 1.82) is 0 Å². The highest BCUT2D eigenvalue weighted by Crippen LogP contribution is 2.35. The van der Waals surface area contributed by atoms with Crippen LogP contribution in [0, 0.1) is 5.92 Å². The Kier molecular flexibility index (Phi) is 12.2. The van der Waals surface area contributed by atoms with Gasteiger partial charge in [0.15, 0.2) is 0 Å². The molecule has 0 aliphatic carbocycles. The second-order valence-corrected chi connectivity index (χ2v) is 12.5. The predicted molar refractivity (Wildman–Crippen MR) is 186 cm³/mol. The number of nitrogens with zero attached hydrogens (tertiary/aromatic N) is 2. The van der Waals surface area contributed by atoms with Crippen molar-refractivity contribution in [3.05, 3.63) is 130 Å². The molecule has 1 fully saturated rings. The smallest absolute Gasteiger partial charge is 0.235 e. The Balaban J connectivity index is 0.00000442. The number of carbonyl (C=O) groups is 1. The van der Waals surface area contributed by atoms with Crippen LogP contribution >= 0.6 is 35.6 Å². The van der Waals surface area contributed by atoms with E-state index in [1.807, 2.05) is 79.6 Å². The zero-order valence-electron chi connectivity index (χ0n) is 25.6. The summed E-state index contributed by atoms with van der Waals surface area (Å²) >= 11 is 12.8. The van der Waals surface area contributed by atoms with Gasteiger partial charge in [0, 0.05) is 17.8 Å². The zero-order chi connectivity index (χ0) is 30.3. The maximum Gasteiger partial charge on any atom is 0.235 e. The van der Waals surface area contributed by atoms with E-state index in [1.54, 1.807) is 0 Å². The monoisotopic (exact) mass is 650 g/mol. The largest absolute Gasteiger partial charge is 0.491 e. The summed E-state index contributed by atoms with van der Waals surface area (Å²) in [5, 5.41) is 0.999. The Morgan fingerprint density at radius 3 is 2.32 bits per heavy atom.